The molecule has 0 unspecified atom stereocenters. The summed E-state index contributed by atoms with van der Waals surface area (Å²) in [5.74, 6) is 1.06. The number of piperidine rings is 1. The van der Waals surface area contributed by atoms with Crippen LogP contribution in [0, 0.1) is 0 Å². The van der Waals surface area contributed by atoms with Gasteiger partial charge in [0.1, 0.15) is 5.82 Å². The number of hydrogen-bond donors (Lipinski definition) is 1. The number of imidazole rings is 1. The average molecular weight is 252 g/mol. The van der Waals surface area contributed by atoms with Gasteiger partial charge in [0.25, 0.3) is 0 Å². The van der Waals surface area contributed by atoms with E-state index >= 15 is 0 Å². The van der Waals surface area contributed by atoms with E-state index in [0.29, 0.717) is 0 Å². The smallest absolute Gasteiger partial charge is 0.122 e. The molecule has 2 heterocycles. The Hall–Kier alpha value is -0.910. The van der Waals surface area contributed by atoms with E-state index in [9.17, 15) is 5.11 Å². The summed E-state index contributed by atoms with van der Waals surface area (Å²) < 4.78 is 2.04. The van der Waals surface area contributed by atoms with E-state index in [0.717, 1.165) is 44.8 Å². The summed E-state index contributed by atoms with van der Waals surface area (Å²) in [6, 6.07) is 0. The highest BCUT2D eigenvalue weighted by Gasteiger charge is 2.33. The Morgan fingerprint density at radius 2 is 2.28 bits per heavy atom. The first kappa shape index (κ1) is 13.5. The average Bonchev–Trinajstić information content (AvgIpc) is 2.62. The molecule has 1 atom stereocenters. The van der Waals surface area contributed by atoms with E-state index in [1.807, 2.05) is 38.1 Å². The Kier molecular flexibility index (Phi) is 4.04. The SMILES string of the molecule is CN(C)C[C@]1(O)CCCN(Cc2nccn2C)C1. The Morgan fingerprint density at radius 1 is 1.50 bits per heavy atom. The van der Waals surface area contributed by atoms with Gasteiger partial charge >= 0.3 is 0 Å². The van der Waals surface area contributed by atoms with Gasteiger partial charge in [0.05, 0.1) is 12.1 Å². The fourth-order valence-corrected chi connectivity index (χ4v) is 2.81. The lowest BCUT2D eigenvalue weighted by atomic mass is 9.92. The number of aryl methyl sites for hydroxylation is 1. The van der Waals surface area contributed by atoms with Crippen LogP contribution in [-0.4, -0.2) is 63.8 Å². The van der Waals surface area contributed by atoms with Gasteiger partial charge in [-0.1, -0.05) is 0 Å². The molecule has 1 aromatic heterocycles. The molecule has 5 heteroatoms. The largest absolute Gasteiger partial charge is 0.387 e. The van der Waals surface area contributed by atoms with Crippen molar-refractivity contribution in [2.45, 2.75) is 25.0 Å². The molecule has 0 aromatic carbocycles. The monoisotopic (exact) mass is 252 g/mol. The fraction of sp³-hybridized carbons (Fsp3) is 0.769. The topological polar surface area (TPSA) is 44.5 Å². The van der Waals surface area contributed by atoms with Gasteiger partial charge in [-0.05, 0) is 33.5 Å². The predicted octanol–water partition coefficient (Wildman–Crippen LogP) is 0.309. The van der Waals surface area contributed by atoms with Crippen LogP contribution >= 0.6 is 0 Å². The Bertz CT molecular complexity index is 390. The molecule has 0 radical (unpaired) electrons. The standard InChI is InChI=1S/C13H24N4O/c1-15(2)10-13(18)5-4-7-17(11-13)9-12-14-6-8-16(12)3/h6,8,18H,4-5,7,9-11H2,1-3H3/t13-/m1/s1. The van der Waals surface area contributed by atoms with Crippen molar-refractivity contribution in [2.75, 3.05) is 33.7 Å². The Labute approximate surface area is 109 Å². The summed E-state index contributed by atoms with van der Waals surface area (Å²) >= 11 is 0. The van der Waals surface area contributed by atoms with Crippen molar-refractivity contribution in [1.82, 2.24) is 19.4 Å². The fourth-order valence-electron chi connectivity index (χ4n) is 2.81. The minimum absolute atomic E-state index is 0.576. The van der Waals surface area contributed by atoms with Crippen molar-refractivity contribution in [3.8, 4) is 0 Å². The first-order chi connectivity index (χ1) is 8.48. The number of aromatic nitrogens is 2. The van der Waals surface area contributed by atoms with Gasteiger partial charge < -0.3 is 14.6 Å². The van der Waals surface area contributed by atoms with E-state index < -0.39 is 5.60 Å². The van der Waals surface area contributed by atoms with Gasteiger partial charge in [-0.3, -0.25) is 4.90 Å². The molecule has 0 amide bonds. The first-order valence-corrected chi connectivity index (χ1v) is 6.54. The zero-order valence-electron chi connectivity index (χ0n) is 11.6. The van der Waals surface area contributed by atoms with Crippen LogP contribution in [0.15, 0.2) is 12.4 Å². The van der Waals surface area contributed by atoms with Gasteiger partial charge in [-0.2, -0.15) is 0 Å². The third-order valence-electron chi connectivity index (χ3n) is 3.53. The number of nitrogens with zero attached hydrogens (tertiary/aromatic N) is 4. The molecule has 102 valence electrons. The van der Waals surface area contributed by atoms with E-state index in [2.05, 4.69) is 14.8 Å². The van der Waals surface area contributed by atoms with Crippen molar-refractivity contribution in [2.24, 2.45) is 7.05 Å². The van der Waals surface area contributed by atoms with Crippen LogP contribution in [-0.2, 0) is 13.6 Å². The van der Waals surface area contributed by atoms with Crippen LogP contribution in [0.2, 0.25) is 0 Å². The molecule has 0 saturated carbocycles. The van der Waals surface area contributed by atoms with Crippen LogP contribution < -0.4 is 0 Å². The molecule has 2 rings (SSSR count). The summed E-state index contributed by atoms with van der Waals surface area (Å²) in [6.45, 7) is 3.32. The molecular formula is C13H24N4O. The molecule has 1 aromatic rings. The zero-order valence-corrected chi connectivity index (χ0v) is 11.6. The minimum Gasteiger partial charge on any atom is -0.387 e. The lowest BCUT2D eigenvalue weighted by Gasteiger charge is -2.40. The van der Waals surface area contributed by atoms with Crippen LogP contribution in [0.1, 0.15) is 18.7 Å². The zero-order chi connectivity index (χ0) is 13.2. The van der Waals surface area contributed by atoms with Crippen LogP contribution in [0.25, 0.3) is 0 Å². The number of likely N-dealkylation sites (tertiary alicyclic amines) is 1. The van der Waals surface area contributed by atoms with Gasteiger partial charge in [0, 0.05) is 32.5 Å². The summed E-state index contributed by atoms with van der Waals surface area (Å²) in [5.41, 5.74) is -0.576. The highest BCUT2D eigenvalue weighted by atomic mass is 16.3. The second kappa shape index (κ2) is 5.38. The highest BCUT2D eigenvalue weighted by Crippen LogP contribution is 2.22. The molecule has 0 spiro atoms. The number of likely N-dealkylation sites (N-methyl/N-ethyl adjacent to an activating group) is 1. The molecule has 0 aliphatic carbocycles. The van der Waals surface area contributed by atoms with E-state index in [4.69, 9.17) is 0 Å². The molecule has 5 nitrogen and oxygen atoms in total. The van der Waals surface area contributed by atoms with Crippen molar-refractivity contribution >= 4 is 0 Å². The van der Waals surface area contributed by atoms with Crippen LogP contribution in [0.3, 0.4) is 0 Å². The first-order valence-electron chi connectivity index (χ1n) is 6.54. The molecular weight excluding hydrogens is 228 g/mol. The van der Waals surface area contributed by atoms with Crippen LogP contribution in [0.4, 0.5) is 0 Å². The minimum atomic E-state index is -0.576. The number of rotatable bonds is 4. The Balaban J connectivity index is 1.96. The summed E-state index contributed by atoms with van der Waals surface area (Å²) in [5, 5.41) is 10.6. The van der Waals surface area contributed by atoms with Gasteiger partial charge in [-0.25, -0.2) is 4.98 Å². The summed E-state index contributed by atoms with van der Waals surface area (Å²) in [6.07, 6.45) is 5.73. The maximum Gasteiger partial charge on any atom is 0.122 e. The normalized spacial score (nSPS) is 25.8. The second-order valence-corrected chi connectivity index (χ2v) is 5.73. The van der Waals surface area contributed by atoms with E-state index in [1.165, 1.54) is 0 Å². The third kappa shape index (κ3) is 3.31. The molecule has 18 heavy (non-hydrogen) atoms. The number of aliphatic hydroxyl groups is 1. The molecule has 0 bridgehead atoms. The maximum atomic E-state index is 10.6. The molecule has 1 fully saturated rings. The molecule has 1 aliphatic heterocycles. The van der Waals surface area contributed by atoms with Gasteiger partial charge in [0.2, 0.25) is 0 Å². The maximum absolute atomic E-state index is 10.6. The predicted molar refractivity (Wildman–Crippen MR) is 71.2 cm³/mol. The molecule has 1 aliphatic rings. The van der Waals surface area contributed by atoms with Crippen molar-refractivity contribution < 1.29 is 5.11 Å². The van der Waals surface area contributed by atoms with Crippen molar-refractivity contribution in [3.63, 3.8) is 0 Å². The Morgan fingerprint density at radius 3 is 2.89 bits per heavy atom. The number of β-amino-alcohol motifs (C(OH)–C–C–N with tert-alkyl or cyclic N) is 1. The number of hydrogen-bond acceptors (Lipinski definition) is 4. The van der Waals surface area contributed by atoms with Crippen molar-refractivity contribution in [3.05, 3.63) is 18.2 Å². The van der Waals surface area contributed by atoms with Gasteiger partial charge in [-0.15, -0.1) is 0 Å². The van der Waals surface area contributed by atoms with Crippen molar-refractivity contribution in [1.29, 1.82) is 0 Å². The summed E-state index contributed by atoms with van der Waals surface area (Å²) in [4.78, 5) is 8.71. The molecule has 1 N–H and O–H groups in total. The third-order valence-corrected chi connectivity index (χ3v) is 3.53. The van der Waals surface area contributed by atoms with E-state index in [1.54, 1.807) is 0 Å². The lowest BCUT2D eigenvalue weighted by Crippen LogP contribution is -2.53. The second-order valence-electron chi connectivity index (χ2n) is 5.73. The quantitative estimate of drug-likeness (QED) is 0.837. The molecule has 1 saturated heterocycles. The highest BCUT2D eigenvalue weighted by molar-refractivity contribution is 4.95. The van der Waals surface area contributed by atoms with Crippen LogP contribution in [0.5, 0.6) is 0 Å². The summed E-state index contributed by atoms with van der Waals surface area (Å²) in [7, 11) is 6.03. The van der Waals surface area contributed by atoms with Gasteiger partial charge in [0.15, 0.2) is 0 Å². The van der Waals surface area contributed by atoms with E-state index in [-0.39, 0.29) is 0 Å². The lowest BCUT2D eigenvalue weighted by molar-refractivity contribution is -0.0486.